The van der Waals surface area contributed by atoms with Crippen LogP contribution >= 0.6 is 0 Å². The molecule has 0 radical (unpaired) electrons. The number of rotatable bonds is 4. The molecule has 3 N–H and O–H groups in total. The van der Waals surface area contributed by atoms with Crippen LogP contribution in [-0.2, 0) is 0 Å². The van der Waals surface area contributed by atoms with Crippen molar-refractivity contribution in [1.29, 1.82) is 0 Å². The number of aromatic amines is 1. The maximum absolute atomic E-state index is 4.90. The van der Waals surface area contributed by atoms with Crippen LogP contribution in [0.3, 0.4) is 0 Å². The number of nitrogens with one attached hydrogen (secondary N) is 3. The second kappa shape index (κ2) is 7.52. The zero-order valence-corrected chi connectivity index (χ0v) is 16.3. The van der Waals surface area contributed by atoms with Crippen LogP contribution in [0.2, 0.25) is 0 Å². The van der Waals surface area contributed by atoms with Crippen molar-refractivity contribution in [2.45, 2.75) is 6.92 Å². The lowest BCUT2D eigenvalue weighted by Gasteiger charge is -2.29. The first-order valence-corrected chi connectivity index (χ1v) is 9.89. The van der Waals surface area contributed by atoms with Crippen molar-refractivity contribution < 1.29 is 0 Å². The molecule has 29 heavy (non-hydrogen) atoms. The Kier molecular flexibility index (Phi) is 4.57. The van der Waals surface area contributed by atoms with Gasteiger partial charge in [0.1, 0.15) is 11.6 Å². The Balaban J connectivity index is 1.58. The van der Waals surface area contributed by atoms with E-state index in [0.717, 1.165) is 71.5 Å². The molecule has 0 bridgehead atoms. The van der Waals surface area contributed by atoms with Crippen molar-refractivity contribution in [1.82, 2.24) is 25.5 Å². The highest BCUT2D eigenvalue weighted by atomic mass is 15.3. The predicted molar refractivity (Wildman–Crippen MR) is 117 cm³/mol. The molecular formula is C22H23N7. The Labute approximate surface area is 169 Å². The van der Waals surface area contributed by atoms with Crippen LogP contribution in [0, 0.1) is 6.92 Å². The summed E-state index contributed by atoms with van der Waals surface area (Å²) in [6.45, 7) is 5.85. The Morgan fingerprint density at radius 2 is 1.76 bits per heavy atom. The second-order valence-corrected chi connectivity index (χ2v) is 7.23. The second-order valence-electron chi connectivity index (χ2n) is 7.23. The molecule has 0 aliphatic carbocycles. The normalized spacial score (nSPS) is 14.3. The Morgan fingerprint density at radius 1 is 0.966 bits per heavy atom. The van der Waals surface area contributed by atoms with Gasteiger partial charge in [-0.25, -0.2) is 9.97 Å². The van der Waals surface area contributed by atoms with E-state index >= 15 is 0 Å². The van der Waals surface area contributed by atoms with Crippen LogP contribution in [0.1, 0.15) is 5.56 Å². The average molecular weight is 385 g/mol. The molecule has 1 aliphatic heterocycles. The number of H-pyrrole nitrogens is 1. The summed E-state index contributed by atoms with van der Waals surface area (Å²) in [5, 5.41) is 15.3. The molecule has 5 rings (SSSR count). The maximum atomic E-state index is 4.90. The van der Waals surface area contributed by atoms with Gasteiger partial charge in [-0.15, -0.1) is 0 Å². The van der Waals surface area contributed by atoms with Crippen LogP contribution in [0.5, 0.6) is 0 Å². The quantitative estimate of drug-likeness (QED) is 0.499. The standard InChI is InChI=1S/C22H23N7/c1-15-6-2-3-7-16(15)21-24-19(14-20(26-21)29-12-10-23-11-13-29)25-22-17-8-4-5-9-18(17)27-28-22/h2-9,14,23H,10-13H2,1H3,(H2,24,25,26,27,28). The fourth-order valence-electron chi connectivity index (χ4n) is 3.68. The predicted octanol–water partition coefficient (Wildman–Crippen LogP) is 3.48. The van der Waals surface area contributed by atoms with Crippen LogP contribution in [0.25, 0.3) is 22.3 Å². The van der Waals surface area contributed by atoms with E-state index in [4.69, 9.17) is 9.97 Å². The minimum atomic E-state index is 0.724. The molecule has 4 aromatic rings. The first-order valence-electron chi connectivity index (χ1n) is 9.89. The molecule has 0 saturated carbocycles. The molecule has 1 fully saturated rings. The number of nitrogens with zero attached hydrogens (tertiary/aromatic N) is 4. The molecule has 3 heterocycles. The number of anilines is 3. The summed E-state index contributed by atoms with van der Waals surface area (Å²) in [6.07, 6.45) is 0. The molecule has 0 atom stereocenters. The fraction of sp³-hybridized carbons (Fsp3) is 0.227. The average Bonchev–Trinajstić information content (AvgIpc) is 3.17. The molecule has 1 saturated heterocycles. The summed E-state index contributed by atoms with van der Waals surface area (Å²) in [7, 11) is 0. The van der Waals surface area contributed by atoms with Gasteiger partial charge in [0.05, 0.1) is 5.52 Å². The number of benzene rings is 2. The summed E-state index contributed by atoms with van der Waals surface area (Å²) < 4.78 is 0. The van der Waals surface area contributed by atoms with Crippen molar-refractivity contribution in [3.05, 3.63) is 60.2 Å². The number of piperazine rings is 1. The minimum absolute atomic E-state index is 0.724. The summed E-state index contributed by atoms with van der Waals surface area (Å²) in [6, 6.07) is 18.3. The van der Waals surface area contributed by atoms with Gasteiger partial charge >= 0.3 is 0 Å². The Bertz CT molecular complexity index is 1140. The van der Waals surface area contributed by atoms with Crippen molar-refractivity contribution in [2.24, 2.45) is 0 Å². The molecule has 0 amide bonds. The van der Waals surface area contributed by atoms with Gasteiger partial charge in [0, 0.05) is 43.2 Å². The number of fused-ring (bicyclic) bond motifs is 1. The van der Waals surface area contributed by atoms with Gasteiger partial charge in [-0.2, -0.15) is 5.10 Å². The fourth-order valence-corrected chi connectivity index (χ4v) is 3.68. The smallest absolute Gasteiger partial charge is 0.164 e. The van der Waals surface area contributed by atoms with Gasteiger partial charge in [-0.05, 0) is 24.6 Å². The van der Waals surface area contributed by atoms with Gasteiger partial charge in [0.25, 0.3) is 0 Å². The largest absolute Gasteiger partial charge is 0.354 e. The number of hydrogen-bond donors (Lipinski definition) is 3. The maximum Gasteiger partial charge on any atom is 0.164 e. The van der Waals surface area contributed by atoms with E-state index in [9.17, 15) is 0 Å². The Hall–Kier alpha value is -3.45. The highest BCUT2D eigenvalue weighted by Gasteiger charge is 2.17. The van der Waals surface area contributed by atoms with E-state index in [1.165, 1.54) is 0 Å². The van der Waals surface area contributed by atoms with E-state index in [0.29, 0.717) is 0 Å². The lowest BCUT2D eigenvalue weighted by molar-refractivity contribution is 0.585. The highest BCUT2D eigenvalue weighted by molar-refractivity contribution is 5.91. The molecule has 2 aromatic carbocycles. The Morgan fingerprint density at radius 3 is 2.62 bits per heavy atom. The number of hydrogen-bond acceptors (Lipinski definition) is 6. The van der Waals surface area contributed by atoms with Crippen LogP contribution in [0.15, 0.2) is 54.6 Å². The number of para-hydroxylation sites is 1. The van der Waals surface area contributed by atoms with Crippen molar-refractivity contribution >= 4 is 28.4 Å². The highest BCUT2D eigenvalue weighted by Crippen LogP contribution is 2.28. The molecule has 0 unspecified atom stereocenters. The molecule has 0 spiro atoms. The van der Waals surface area contributed by atoms with Gasteiger partial charge in [0.2, 0.25) is 0 Å². The summed E-state index contributed by atoms with van der Waals surface area (Å²) in [5.41, 5.74) is 3.19. The van der Waals surface area contributed by atoms with Gasteiger partial charge in [-0.3, -0.25) is 5.10 Å². The molecule has 7 heteroatoms. The van der Waals surface area contributed by atoms with Gasteiger partial charge in [0.15, 0.2) is 11.6 Å². The molecule has 2 aromatic heterocycles. The zero-order valence-electron chi connectivity index (χ0n) is 16.3. The number of aromatic nitrogens is 4. The van der Waals surface area contributed by atoms with E-state index in [1.807, 2.05) is 42.5 Å². The van der Waals surface area contributed by atoms with Crippen molar-refractivity contribution in [2.75, 3.05) is 36.4 Å². The lowest BCUT2D eigenvalue weighted by Crippen LogP contribution is -2.44. The third kappa shape index (κ3) is 3.52. The molecule has 1 aliphatic rings. The zero-order chi connectivity index (χ0) is 19.6. The topological polar surface area (TPSA) is 81.8 Å². The SMILES string of the molecule is Cc1ccccc1-c1nc(Nc2n[nH]c3ccccc23)cc(N2CCNCC2)n1. The van der Waals surface area contributed by atoms with E-state index in [-0.39, 0.29) is 0 Å². The van der Waals surface area contributed by atoms with Crippen molar-refractivity contribution in [3.63, 3.8) is 0 Å². The molecule has 146 valence electrons. The van der Waals surface area contributed by atoms with Crippen LogP contribution in [0.4, 0.5) is 17.5 Å². The minimum Gasteiger partial charge on any atom is -0.354 e. The third-order valence-electron chi connectivity index (χ3n) is 5.26. The molecular weight excluding hydrogens is 362 g/mol. The summed E-state index contributed by atoms with van der Waals surface area (Å²) >= 11 is 0. The lowest BCUT2D eigenvalue weighted by atomic mass is 10.1. The third-order valence-corrected chi connectivity index (χ3v) is 5.26. The first-order chi connectivity index (χ1) is 14.3. The number of aryl methyl sites for hydroxylation is 1. The van der Waals surface area contributed by atoms with Crippen LogP contribution in [-0.4, -0.2) is 46.3 Å². The van der Waals surface area contributed by atoms with E-state index in [2.05, 4.69) is 44.8 Å². The van der Waals surface area contributed by atoms with E-state index < -0.39 is 0 Å². The van der Waals surface area contributed by atoms with E-state index in [1.54, 1.807) is 0 Å². The monoisotopic (exact) mass is 385 g/mol. The van der Waals surface area contributed by atoms with Crippen LogP contribution < -0.4 is 15.5 Å². The molecule has 7 nitrogen and oxygen atoms in total. The first kappa shape index (κ1) is 17.6. The summed E-state index contributed by atoms with van der Waals surface area (Å²) in [4.78, 5) is 12.0. The van der Waals surface area contributed by atoms with Crippen molar-refractivity contribution in [3.8, 4) is 11.4 Å². The van der Waals surface area contributed by atoms with Gasteiger partial charge in [-0.1, -0.05) is 36.4 Å². The summed E-state index contributed by atoms with van der Waals surface area (Å²) in [5.74, 6) is 3.16. The van der Waals surface area contributed by atoms with Gasteiger partial charge < -0.3 is 15.5 Å².